The molecule has 0 unspecified atom stereocenters. The predicted molar refractivity (Wildman–Crippen MR) is 77.4 cm³/mol. The van der Waals surface area contributed by atoms with Crippen LogP contribution in [0.2, 0.25) is 0 Å². The van der Waals surface area contributed by atoms with Gasteiger partial charge in [0.1, 0.15) is 5.60 Å². The van der Waals surface area contributed by atoms with Crippen LogP contribution in [0.15, 0.2) is 30.3 Å². The van der Waals surface area contributed by atoms with Gasteiger partial charge in [-0.1, -0.05) is 50.8 Å². The van der Waals surface area contributed by atoms with Crippen molar-refractivity contribution in [2.75, 3.05) is 0 Å². The van der Waals surface area contributed by atoms with Crippen molar-refractivity contribution in [1.82, 2.24) is 0 Å². The third-order valence-electron chi connectivity index (χ3n) is 5.74. The zero-order valence-electron chi connectivity index (χ0n) is 12.0. The van der Waals surface area contributed by atoms with Crippen LogP contribution in [0.25, 0.3) is 0 Å². The Balaban J connectivity index is 1.86. The second kappa shape index (κ2) is 4.12. The van der Waals surface area contributed by atoms with Crippen LogP contribution in [0, 0.1) is 35.0 Å². The van der Waals surface area contributed by atoms with Gasteiger partial charge in [-0.15, -0.1) is 0 Å². The molecule has 2 saturated carbocycles. The maximum atomic E-state index is 10.9. The van der Waals surface area contributed by atoms with Gasteiger partial charge in [-0.25, -0.2) is 0 Å². The van der Waals surface area contributed by atoms with E-state index >= 15 is 0 Å². The lowest BCUT2D eigenvalue weighted by Gasteiger charge is -2.42. The van der Waals surface area contributed by atoms with Crippen molar-refractivity contribution in [2.45, 2.75) is 39.2 Å². The molecule has 4 atom stereocenters. The van der Waals surface area contributed by atoms with E-state index in [0.29, 0.717) is 23.2 Å². The van der Waals surface area contributed by atoms with Crippen LogP contribution in [-0.2, 0) is 0 Å². The van der Waals surface area contributed by atoms with Crippen LogP contribution < -0.4 is 0 Å². The minimum absolute atomic E-state index is 0.337. The highest BCUT2D eigenvalue weighted by atomic mass is 16.3. The fourth-order valence-corrected chi connectivity index (χ4v) is 4.03. The highest BCUT2D eigenvalue weighted by Gasteiger charge is 2.60. The van der Waals surface area contributed by atoms with Crippen molar-refractivity contribution in [3.8, 4) is 11.8 Å². The summed E-state index contributed by atoms with van der Waals surface area (Å²) in [7, 11) is 0. The van der Waals surface area contributed by atoms with E-state index in [9.17, 15) is 5.11 Å². The Labute approximate surface area is 116 Å². The van der Waals surface area contributed by atoms with Crippen molar-refractivity contribution in [1.29, 1.82) is 0 Å². The molecule has 3 rings (SSSR count). The highest BCUT2D eigenvalue weighted by molar-refractivity contribution is 5.37. The van der Waals surface area contributed by atoms with E-state index in [0.717, 1.165) is 18.4 Å². The fraction of sp³-hybridized carbons (Fsp3) is 0.556. The maximum absolute atomic E-state index is 10.9. The first kappa shape index (κ1) is 12.8. The molecule has 0 aliphatic heterocycles. The molecule has 1 N–H and O–H groups in total. The first-order valence-corrected chi connectivity index (χ1v) is 7.24. The number of benzene rings is 1. The zero-order valence-corrected chi connectivity index (χ0v) is 12.0. The third-order valence-corrected chi connectivity index (χ3v) is 5.74. The quantitative estimate of drug-likeness (QED) is 0.703. The summed E-state index contributed by atoms with van der Waals surface area (Å²) >= 11 is 0. The second-order valence-electron chi connectivity index (χ2n) is 6.89. The first-order chi connectivity index (χ1) is 8.93. The van der Waals surface area contributed by atoms with Crippen LogP contribution in [0.5, 0.6) is 0 Å². The van der Waals surface area contributed by atoms with E-state index in [1.54, 1.807) is 0 Å². The summed E-state index contributed by atoms with van der Waals surface area (Å²) in [4.78, 5) is 0. The van der Waals surface area contributed by atoms with Crippen molar-refractivity contribution < 1.29 is 5.11 Å². The molecule has 0 radical (unpaired) electrons. The normalized spacial score (nSPS) is 38.8. The maximum Gasteiger partial charge on any atom is 0.129 e. The van der Waals surface area contributed by atoms with E-state index in [4.69, 9.17) is 0 Å². The van der Waals surface area contributed by atoms with Crippen molar-refractivity contribution in [3.63, 3.8) is 0 Å². The Morgan fingerprint density at radius 2 is 1.89 bits per heavy atom. The summed E-state index contributed by atoms with van der Waals surface area (Å²) in [5.74, 6) is 7.83. The Kier molecular flexibility index (Phi) is 2.76. The van der Waals surface area contributed by atoms with Crippen LogP contribution >= 0.6 is 0 Å². The standard InChI is InChI=1S/C18H22O/c1-13-16-11-15(17(13,2)3)12-18(16,19)10-9-14-7-5-4-6-8-14/h4-8,13,15-16,19H,11-12H2,1-3H3/t13-,15+,16-,18+/m0/s1. The Hall–Kier alpha value is -1.26. The number of hydrogen-bond acceptors (Lipinski definition) is 1. The zero-order chi connectivity index (χ0) is 13.7. The average molecular weight is 254 g/mol. The smallest absolute Gasteiger partial charge is 0.129 e. The van der Waals surface area contributed by atoms with Crippen LogP contribution in [0.3, 0.4) is 0 Å². The molecular weight excluding hydrogens is 232 g/mol. The van der Waals surface area contributed by atoms with Crippen LogP contribution in [0.1, 0.15) is 39.2 Å². The molecule has 1 aromatic rings. The van der Waals surface area contributed by atoms with Crippen molar-refractivity contribution in [3.05, 3.63) is 35.9 Å². The minimum Gasteiger partial charge on any atom is -0.377 e. The Morgan fingerprint density at radius 1 is 1.21 bits per heavy atom. The molecule has 2 fully saturated rings. The average Bonchev–Trinajstić information content (AvgIpc) is 2.85. The summed E-state index contributed by atoms with van der Waals surface area (Å²) < 4.78 is 0. The predicted octanol–water partition coefficient (Wildman–Crippen LogP) is 3.47. The van der Waals surface area contributed by atoms with E-state index in [1.165, 1.54) is 0 Å². The summed E-state index contributed by atoms with van der Waals surface area (Å²) in [6.07, 6.45) is 1.98. The molecule has 0 heterocycles. The Bertz CT molecular complexity index is 530. The highest BCUT2D eigenvalue weighted by Crippen LogP contribution is 2.62. The second-order valence-corrected chi connectivity index (χ2v) is 6.89. The lowest BCUT2D eigenvalue weighted by Crippen LogP contribution is -2.44. The number of hydrogen-bond donors (Lipinski definition) is 1. The van der Waals surface area contributed by atoms with Crippen molar-refractivity contribution in [2.24, 2.45) is 23.2 Å². The minimum atomic E-state index is -0.768. The van der Waals surface area contributed by atoms with Crippen LogP contribution in [0.4, 0.5) is 0 Å². The van der Waals surface area contributed by atoms with Gasteiger partial charge in [0.25, 0.3) is 0 Å². The van der Waals surface area contributed by atoms with Gasteiger partial charge in [-0.2, -0.15) is 0 Å². The number of aliphatic hydroxyl groups is 1. The van der Waals surface area contributed by atoms with Gasteiger partial charge in [0.05, 0.1) is 0 Å². The van der Waals surface area contributed by atoms with E-state index in [2.05, 4.69) is 32.6 Å². The topological polar surface area (TPSA) is 20.2 Å². The van der Waals surface area contributed by atoms with E-state index in [1.807, 2.05) is 30.3 Å². The van der Waals surface area contributed by atoms with Gasteiger partial charge in [0.15, 0.2) is 0 Å². The molecular formula is C18H22O. The molecule has 100 valence electrons. The number of fused-ring (bicyclic) bond motifs is 2. The monoisotopic (exact) mass is 254 g/mol. The third kappa shape index (κ3) is 1.90. The molecule has 2 aliphatic carbocycles. The first-order valence-electron chi connectivity index (χ1n) is 7.24. The summed E-state index contributed by atoms with van der Waals surface area (Å²) in [6.45, 7) is 6.96. The number of rotatable bonds is 0. The SMILES string of the molecule is C[C@H]1[C@@H]2C[C@H](C[C@]2(O)C#Cc2ccccc2)C1(C)C. The van der Waals surface area contributed by atoms with Gasteiger partial charge >= 0.3 is 0 Å². The largest absolute Gasteiger partial charge is 0.377 e. The molecule has 0 saturated heterocycles. The van der Waals surface area contributed by atoms with Gasteiger partial charge in [-0.05, 0) is 42.2 Å². The Morgan fingerprint density at radius 3 is 2.47 bits per heavy atom. The van der Waals surface area contributed by atoms with Crippen molar-refractivity contribution >= 4 is 0 Å². The van der Waals surface area contributed by atoms with E-state index < -0.39 is 5.60 Å². The molecule has 2 bridgehead atoms. The summed E-state index contributed by atoms with van der Waals surface area (Å²) in [5.41, 5.74) is 0.575. The molecule has 0 spiro atoms. The van der Waals surface area contributed by atoms with Crippen LogP contribution in [-0.4, -0.2) is 10.7 Å². The molecule has 0 aromatic heterocycles. The van der Waals surface area contributed by atoms with Gasteiger partial charge in [0, 0.05) is 11.5 Å². The molecule has 1 nitrogen and oxygen atoms in total. The summed E-state index contributed by atoms with van der Waals surface area (Å²) in [5, 5.41) is 10.9. The molecule has 0 amide bonds. The lowest BCUT2D eigenvalue weighted by atomic mass is 9.65. The summed E-state index contributed by atoms with van der Waals surface area (Å²) in [6, 6.07) is 9.96. The molecule has 2 aliphatic rings. The van der Waals surface area contributed by atoms with E-state index in [-0.39, 0.29) is 0 Å². The molecule has 19 heavy (non-hydrogen) atoms. The fourth-order valence-electron chi connectivity index (χ4n) is 4.03. The van der Waals surface area contributed by atoms with Gasteiger partial charge in [-0.3, -0.25) is 0 Å². The van der Waals surface area contributed by atoms with Gasteiger partial charge in [0.2, 0.25) is 0 Å². The van der Waals surface area contributed by atoms with Gasteiger partial charge < -0.3 is 5.11 Å². The molecule has 1 aromatic carbocycles. The lowest BCUT2D eigenvalue weighted by molar-refractivity contribution is -0.0250. The molecule has 1 heteroatoms.